The first kappa shape index (κ1) is 16.9. The molecule has 0 aliphatic heterocycles. The zero-order chi connectivity index (χ0) is 17.8. The minimum Gasteiger partial charge on any atom is -0.263 e. The van der Waals surface area contributed by atoms with Gasteiger partial charge in [0.1, 0.15) is 0 Å². The molecule has 0 spiro atoms. The van der Waals surface area contributed by atoms with Gasteiger partial charge >= 0.3 is 0 Å². The van der Waals surface area contributed by atoms with E-state index in [2.05, 4.69) is 74.5 Å². The molecular weight excluding hydrogens is 302 g/mol. The van der Waals surface area contributed by atoms with E-state index in [1.54, 1.807) is 0 Å². The molecule has 0 fully saturated rings. The molecule has 3 rings (SSSR count). The maximum absolute atomic E-state index is 4.46. The van der Waals surface area contributed by atoms with E-state index in [1.165, 1.54) is 22.1 Å². The van der Waals surface area contributed by atoms with Crippen molar-refractivity contribution in [2.45, 2.75) is 20.3 Å². The Balaban J connectivity index is 2.30. The van der Waals surface area contributed by atoms with Crippen LogP contribution in [0.15, 0.2) is 67.5 Å². The number of hydrogen-bond donors (Lipinski definition) is 0. The van der Waals surface area contributed by atoms with E-state index in [4.69, 9.17) is 0 Å². The number of nitrogens with zero attached hydrogens (tertiary/aromatic N) is 1. The molecule has 0 unspecified atom stereocenters. The number of hydrogen-bond acceptors (Lipinski definition) is 1. The summed E-state index contributed by atoms with van der Waals surface area (Å²) in [4.78, 5) is 4.46. The van der Waals surface area contributed by atoms with Gasteiger partial charge in [-0.25, -0.2) is 0 Å². The van der Waals surface area contributed by atoms with Crippen molar-refractivity contribution in [1.82, 2.24) is 4.98 Å². The topological polar surface area (TPSA) is 12.9 Å². The minimum absolute atomic E-state index is 0.933. The van der Waals surface area contributed by atoms with Gasteiger partial charge in [-0.2, -0.15) is 0 Å². The molecule has 0 amide bonds. The molecule has 0 bridgehead atoms. The van der Waals surface area contributed by atoms with Gasteiger partial charge in [-0.3, -0.25) is 4.98 Å². The monoisotopic (exact) mass is 325 g/mol. The molecule has 2 aromatic carbocycles. The van der Waals surface area contributed by atoms with Crippen molar-refractivity contribution >= 4 is 29.0 Å². The highest BCUT2D eigenvalue weighted by atomic mass is 14.6. The van der Waals surface area contributed by atoms with E-state index in [9.17, 15) is 0 Å². The normalized spacial score (nSPS) is 12.6. The zero-order valence-electron chi connectivity index (χ0n) is 14.9. The van der Waals surface area contributed by atoms with Crippen molar-refractivity contribution in [1.29, 1.82) is 0 Å². The summed E-state index contributed by atoms with van der Waals surface area (Å²) in [6.07, 6.45) is 10.8. The van der Waals surface area contributed by atoms with Crippen LogP contribution >= 0.6 is 0 Å². The number of allylic oxidation sites excluding steroid dienone is 2. The predicted molar refractivity (Wildman–Crippen MR) is 110 cm³/mol. The largest absolute Gasteiger partial charge is 0.263 e. The first-order valence-electron chi connectivity index (χ1n) is 8.64. The fourth-order valence-electron chi connectivity index (χ4n) is 3.44. The number of pyridine rings is 1. The van der Waals surface area contributed by atoms with Crippen molar-refractivity contribution in [2.24, 2.45) is 0 Å². The molecule has 0 N–H and O–H groups in total. The second-order valence-electron chi connectivity index (χ2n) is 6.03. The first-order chi connectivity index (χ1) is 12.2. The van der Waals surface area contributed by atoms with Gasteiger partial charge in [-0.15, -0.1) is 0 Å². The Labute approximate surface area is 149 Å². The number of benzene rings is 2. The lowest BCUT2D eigenvalue weighted by Crippen LogP contribution is -2.28. The van der Waals surface area contributed by atoms with Gasteiger partial charge in [-0.05, 0) is 45.9 Å². The SMILES string of the molecule is C=C/C=c1/ccc(/C(=C\C)c2cncc3ccccc23)c(CC)c1=C. The summed E-state index contributed by atoms with van der Waals surface area (Å²) in [5.41, 5.74) is 4.87. The highest BCUT2D eigenvalue weighted by Gasteiger charge is 2.12. The summed E-state index contributed by atoms with van der Waals surface area (Å²) < 4.78 is 0. The van der Waals surface area contributed by atoms with Gasteiger partial charge in [0.2, 0.25) is 0 Å². The van der Waals surface area contributed by atoms with Crippen LogP contribution in [0.4, 0.5) is 0 Å². The number of fused-ring (bicyclic) bond motifs is 1. The molecule has 1 heterocycles. The lowest BCUT2D eigenvalue weighted by atomic mass is 9.89. The molecule has 0 radical (unpaired) electrons. The minimum atomic E-state index is 0.933. The molecule has 0 aliphatic carbocycles. The fraction of sp³-hybridized carbons (Fsp3) is 0.125. The highest BCUT2D eigenvalue weighted by molar-refractivity contribution is 5.97. The summed E-state index contributed by atoms with van der Waals surface area (Å²) in [5, 5.41) is 4.58. The first-order valence-corrected chi connectivity index (χ1v) is 8.64. The fourth-order valence-corrected chi connectivity index (χ4v) is 3.44. The van der Waals surface area contributed by atoms with E-state index < -0.39 is 0 Å². The van der Waals surface area contributed by atoms with Gasteiger partial charge in [0.25, 0.3) is 0 Å². The van der Waals surface area contributed by atoms with Crippen molar-refractivity contribution in [3.8, 4) is 0 Å². The smallest absolute Gasteiger partial charge is 0.0352 e. The van der Waals surface area contributed by atoms with E-state index in [0.717, 1.165) is 27.8 Å². The van der Waals surface area contributed by atoms with Crippen molar-refractivity contribution in [3.05, 3.63) is 94.7 Å². The van der Waals surface area contributed by atoms with Crippen molar-refractivity contribution in [3.63, 3.8) is 0 Å². The number of rotatable bonds is 4. The molecule has 1 aromatic heterocycles. The molecule has 124 valence electrons. The lowest BCUT2D eigenvalue weighted by molar-refractivity contribution is 1.10. The Morgan fingerprint density at radius 2 is 1.88 bits per heavy atom. The van der Waals surface area contributed by atoms with Gasteiger partial charge < -0.3 is 0 Å². The van der Waals surface area contributed by atoms with Crippen LogP contribution in [0.25, 0.3) is 29.0 Å². The van der Waals surface area contributed by atoms with E-state index in [-0.39, 0.29) is 0 Å². The van der Waals surface area contributed by atoms with Crippen molar-refractivity contribution in [2.75, 3.05) is 0 Å². The van der Waals surface area contributed by atoms with Gasteiger partial charge in [-0.1, -0.05) is 74.7 Å². The maximum Gasteiger partial charge on any atom is 0.0352 e. The average molecular weight is 325 g/mol. The lowest BCUT2D eigenvalue weighted by Gasteiger charge is -2.15. The molecule has 1 nitrogen and oxygen atoms in total. The Bertz CT molecular complexity index is 1070. The van der Waals surface area contributed by atoms with Crippen LogP contribution in [0, 0.1) is 0 Å². The third-order valence-corrected chi connectivity index (χ3v) is 4.66. The third kappa shape index (κ3) is 3.06. The Kier molecular flexibility index (Phi) is 4.95. The molecule has 0 saturated heterocycles. The molecule has 25 heavy (non-hydrogen) atoms. The molecule has 0 atom stereocenters. The van der Waals surface area contributed by atoms with Crippen LogP contribution in [0.5, 0.6) is 0 Å². The zero-order valence-corrected chi connectivity index (χ0v) is 14.9. The van der Waals surface area contributed by atoms with Gasteiger partial charge in [0.05, 0.1) is 0 Å². The second kappa shape index (κ2) is 7.31. The number of aromatic nitrogens is 1. The Morgan fingerprint density at radius 1 is 1.08 bits per heavy atom. The van der Waals surface area contributed by atoms with Gasteiger partial charge in [0.15, 0.2) is 0 Å². The van der Waals surface area contributed by atoms with Crippen LogP contribution in [-0.2, 0) is 6.42 Å². The van der Waals surface area contributed by atoms with Crippen LogP contribution in [-0.4, -0.2) is 4.98 Å². The van der Waals surface area contributed by atoms with E-state index >= 15 is 0 Å². The van der Waals surface area contributed by atoms with Crippen LogP contribution in [0.2, 0.25) is 0 Å². The van der Waals surface area contributed by atoms with Crippen molar-refractivity contribution < 1.29 is 0 Å². The Hall–Kier alpha value is -2.93. The molecule has 3 aromatic rings. The molecule has 0 saturated carbocycles. The third-order valence-electron chi connectivity index (χ3n) is 4.66. The average Bonchev–Trinajstić information content (AvgIpc) is 2.65. The van der Waals surface area contributed by atoms with Crippen LogP contribution in [0.3, 0.4) is 0 Å². The Morgan fingerprint density at radius 3 is 2.60 bits per heavy atom. The summed E-state index contributed by atoms with van der Waals surface area (Å²) in [5.74, 6) is 0. The standard InChI is InChI=1S/C24H23N/c1-5-10-18-13-14-23(20(6-2)17(18)4)21(7-3)24-16-25-15-19-11-8-9-12-22(19)24/h5,7-16H,1,4,6H2,2-3H3/b18-10-,21-7+. The molecular formula is C24H23N. The molecule has 1 heteroatoms. The van der Waals surface area contributed by atoms with Gasteiger partial charge in [0, 0.05) is 23.3 Å². The van der Waals surface area contributed by atoms with Crippen LogP contribution in [0.1, 0.15) is 30.5 Å². The summed E-state index contributed by atoms with van der Waals surface area (Å²) >= 11 is 0. The highest BCUT2D eigenvalue weighted by Crippen LogP contribution is 2.30. The summed E-state index contributed by atoms with van der Waals surface area (Å²) in [6, 6.07) is 12.7. The van der Waals surface area contributed by atoms with Crippen LogP contribution < -0.4 is 10.4 Å². The summed E-state index contributed by atoms with van der Waals surface area (Å²) in [7, 11) is 0. The summed E-state index contributed by atoms with van der Waals surface area (Å²) in [6.45, 7) is 12.4. The second-order valence-corrected chi connectivity index (χ2v) is 6.03. The molecule has 0 aliphatic rings. The predicted octanol–water partition coefficient (Wildman–Crippen LogP) is 4.63. The maximum atomic E-state index is 4.46. The van der Waals surface area contributed by atoms with E-state index in [1.807, 2.05) is 24.5 Å². The quantitative estimate of drug-likeness (QED) is 0.682. The van der Waals surface area contributed by atoms with E-state index in [0.29, 0.717) is 0 Å².